The summed E-state index contributed by atoms with van der Waals surface area (Å²) in [7, 11) is 3.68. The summed E-state index contributed by atoms with van der Waals surface area (Å²) >= 11 is 0. The Bertz CT molecular complexity index is 577. The van der Waals surface area contributed by atoms with E-state index >= 15 is 0 Å². The minimum absolute atomic E-state index is 0.209. The molecule has 108 valence electrons. The summed E-state index contributed by atoms with van der Waals surface area (Å²) in [5.41, 5.74) is 3.59. The second-order valence-corrected chi connectivity index (χ2v) is 5.16. The largest absolute Gasteiger partial charge is 0.496 e. The average molecular weight is 273 g/mol. The van der Waals surface area contributed by atoms with Crippen LogP contribution in [0.25, 0.3) is 0 Å². The molecule has 0 fully saturated rings. The van der Waals surface area contributed by atoms with Crippen LogP contribution in [-0.4, -0.2) is 16.9 Å². The predicted octanol–water partition coefficient (Wildman–Crippen LogP) is 3.15. The predicted molar refractivity (Wildman–Crippen MR) is 80.9 cm³/mol. The number of ether oxygens (including phenoxy) is 1. The fourth-order valence-corrected chi connectivity index (χ4v) is 2.52. The van der Waals surface area contributed by atoms with E-state index in [1.165, 1.54) is 16.8 Å². The van der Waals surface area contributed by atoms with Crippen molar-refractivity contribution < 1.29 is 4.74 Å². The molecule has 4 nitrogen and oxygen atoms in total. The number of aromatic nitrogens is 2. The van der Waals surface area contributed by atoms with E-state index in [0.717, 1.165) is 5.75 Å². The number of para-hydroxylation sites is 1. The van der Waals surface area contributed by atoms with Crippen LogP contribution in [-0.2, 0) is 7.05 Å². The normalized spacial score (nSPS) is 14.1. The molecule has 2 aromatic rings. The van der Waals surface area contributed by atoms with Gasteiger partial charge in [-0.05, 0) is 26.8 Å². The van der Waals surface area contributed by atoms with Gasteiger partial charge in [-0.1, -0.05) is 18.2 Å². The molecule has 0 spiro atoms. The van der Waals surface area contributed by atoms with Gasteiger partial charge in [0.2, 0.25) is 0 Å². The minimum Gasteiger partial charge on any atom is -0.496 e. The summed E-state index contributed by atoms with van der Waals surface area (Å²) in [5.74, 6) is 0.919. The maximum atomic E-state index is 5.43. The Kier molecular flexibility index (Phi) is 4.45. The number of hydrogen-bond donors (Lipinski definition) is 1. The molecular weight excluding hydrogens is 250 g/mol. The van der Waals surface area contributed by atoms with Gasteiger partial charge < -0.3 is 10.1 Å². The zero-order chi connectivity index (χ0) is 14.7. The molecule has 0 amide bonds. The molecule has 2 rings (SSSR count). The Balaban J connectivity index is 2.15. The van der Waals surface area contributed by atoms with Crippen LogP contribution in [0.3, 0.4) is 0 Å². The topological polar surface area (TPSA) is 39.1 Å². The molecule has 0 aliphatic heterocycles. The molecule has 1 heterocycles. The SMILES string of the molecule is COc1ccccc1C(C)NC(C)c1cnn(C)c1C. The van der Waals surface area contributed by atoms with Gasteiger partial charge in [-0.25, -0.2) is 0 Å². The molecule has 1 aromatic carbocycles. The average Bonchev–Trinajstić information content (AvgIpc) is 2.79. The summed E-state index contributed by atoms with van der Waals surface area (Å²) in [4.78, 5) is 0. The molecule has 1 aromatic heterocycles. The Morgan fingerprint density at radius 3 is 2.40 bits per heavy atom. The molecular formula is C16H23N3O. The fourth-order valence-electron chi connectivity index (χ4n) is 2.52. The summed E-state index contributed by atoms with van der Waals surface area (Å²) < 4.78 is 7.33. The molecule has 4 heteroatoms. The van der Waals surface area contributed by atoms with Gasteiger partial charge >= 0.3 is 0 Å². The third-order valence-electron chi connectivity index (χ3n) is 3.85. The number of hydrogen-bond acceptors (Lipinski definition) is 3. The highest BCUT2D eigenvalue weighted by Gasteiger charge is 2.17. The third-order valence-corrected chi connectivity index (χ3v) is 3.85. The van der Waals surface area contributed by atoms with Crippen molar-refractivity contribution >= 4 is 0 Å². The molecule has 0 aliphatic carbocycles. The zero-order valence-electron chi connectivity index (χ0n) is 12.8. The van der Waals surface area contributed by atoms with E-state index in [4.69, 9.17) is 4.74 Å². The maximum absolute atomic E-state index is 5.43. The van der Waals surface area contributed by atoms with Gasteiger partial charge in [0, 0.05) is 36.0 Å². The van der Waals surface area contributed by atoms with Gasteiger partial charge in [0.25, 0.3) is 0 Å². The molecule has 0 saturated carbocycles. The van der Waals surface area contributed by atoms with E-state index < -0.39 is 0 Å². The second kappa shape index (κ2) is 6.09. The van der Waals surface area contributed by atoms with Crippen molar-refractivity contribution in [2.24, 2.45) is 7.05 Å². The van der Waals surface area contributed by atoms with Crippen LogP contribution in [0.1, 0.15) is 42.8 Å². The lowest BCUT2D eigenvalue weighted by molar-refractivity contribution is 0.396. The van der Waals surface area contributed by atoms with Crippen molar-refractivity contribution in [3.8, 4) is 5.75 Å². The highest BCUT2D eigenvalue weighted by atomic mass is 16.5. The first-order valence-electron chi connectivity index (χ1n) is 6.92. The number of aryl methyl sites for hydroxylation is 1. The molecule has 2 atom stereocenters. The fraction of sp³-hybridized carbons (Fsp3) is 0.438. The smallest absolute Gasteiger partial charge is 0.123 e. The number of nitrogens with one attached hydrogen (secondary N) is 1. The Morgan fingerprint density at radius 2 is 1.80 bits per heavy atom. The molecule has 0 bridgehead atoms. The van der Waals surface area contributed by atoms with Crippen molar-refractivity contribution in [3.63, 3.8) is 0 Å². The lowest BCUT2D eigenvalue weighted by Crippen LogP contribution is -2.23. The van der Waals surface area contributed by atoms with Gasteiger partial charge in [-0.3, -0.25) is 4.68 Å². The van der Waals surface area contributed by atoms with E-state index in [0.29, 0.717) is 0 Å². The first-order valence-corrected chi connectivity index (χ1v) is 6.92. The van der Waals surface area contributed by atoms with Crippen LogP contribution < -0.4 is 10.1 Å². The van der Waals surface area contributed by atoms with E-state index in [1.807, 2.05) is 36.1 Å². The van der Waals surface area contributed by atoms with Crippen LogP contribution in [0.4, 0.5) is 0 Å². The minimum atomic E-state index is 0.209. The van der Waals surface area contributed by atoms with Crippen molar-refractivity contribution in [2.45, 2.75) is 32.9 Å². The summed E-state index contributed by atoms with van der Waals surface area (Å²) in [6.07, 6.45) is 1.93. The summed E-state index contributed by atoms with van der Waals surface area (Å²) in [6, 6.07) is 8.57. The standard InChI is InChI=1S/C16H23N3O/c1-11(14-8-6-7-9-16(14)20-5)18-12(2)15-10-17-19(4)13(15)3/h6-12,18H,1-5H3. The highest BCUT2D eigenvalue weighted by Crippen LogP contribution is 2.27. The molecule has 0 radical (unpaired) electrons. The monoisotopic (exact) mass is 273 g/mol. The summed E-state index contributed by atoms with van der Waals surface area (Å²) in [6.45, 7) is 6.41. The van der Waals surface area contributed by atoms with Crippen LogP contribution in [0.15, 0.2) is 30.5 Å². The molecule has 1 N–H and O–H groups in total. The van der Waals surface area contributed by atoms with Gasteiger partial charge in [-0.2, -0.15) is 5.10 Å². The quantitative estimate of drug-likeness (QED) is 0.909. The van der Waals surface area contributed by atoms with E-state index in [1.54, 1.807) is 7.11 Å². The lowest BCUT2D eigenvalue weighted by atomic mass is 10.0. The highest BCUT2D eigenvalue weighted by molar-refractivity contribution is 5.35. The first kappa shape index (κ1) is 14.6. The first-order chi connectivity index (χ1) is 9.54. The zero-order valence-corrected chi connectivity index (χ0v) is 12.8. The van der Waals surface area contributed by atoms with Crippen LogP contribution >= 0.6 is 0 Å². The molecule has 2 unspecified atom stereocenters. The van der Waals surface area contributed by atoms with E-state index in [-0.39, 0.29) is 12.1 Å². The van der Waals surface area contributed by atoms with Crippen molar-refractivity contribution in [1.82, 2.24) is 15.1 Å². The lowest BCUT2D eigenvalue weighted by Gasteiger charge is -2.22. The second-order valence-electron chi connectivity index (χ2n) is 5.16. The van der Waals surface area contributed by atoms with Crippen molar-refractivity contribution in [3.05, 3.63) is 47.3 Å². The maximum Gasteiger partial charge on any atom is 0.123 e. The van der Waals surface area contributed by atoms with Crippen molar-refractivity contribution in [1.29, 1.82) is 0 Å². The van der Waals surface area contributed by atoms with E-state index in [2.05, 4.69) is 37.3 Å². The number of rotatable bonds is 5. The molecule has 0 aliphatic rings. The molecule has 0 saturated heterocycles. The molecule has 20 heavy (non-hydrogen) atoms. The van der Waals surface area contributed by atoms with Crippen molar-refractivity contribution in [2.75, 3.05) is 7.11 Å². The Hall–Kier alpha value is -1.81. The number of benzene rings is 1. The van der Waals surface area contributed by atoms with Gasteiger partial charge in [0.15, 0.2) is 0 Å². The van der Waals surface area contributed by atoms with Gasteiger partial charge in [0.05, 0.1) is 13.3 Å². The van der Waals surface area contributed by atoms with Crippen LogP contribution in [0.5, 0.6) is 5.75 Å². The van der Waals surface area contributed by atoms with Crippen LogP contribution in [0, 0.1) is 6.92 Å². The van der Waals surface area contributed by atoms with Gasteiger partial charge in [-0.15, -0.1) is 0 Å². The third kappa shape index (κ3) is 2.85. The Morgan fingerprint density at radius 1 is 1.15 bits per heavy atom. The number of nitrogens with zero attached hydrogens (tertiary/aromatic N) is 2. The van der Waals surface area contributed by atoms with Crippen LogP contribution in [0.2, 0.25) is 0 Å². The van der Waals surface area contributed by atoms with Gasteiger partial charge in [0.1, 0.15) is 5.75 Å². The number of methoxy groups -OCH3 is 1. The Labute approximate surface area is 120 Å². The van der Waals surface area contributed by atoms with E-state index in [9.17, 15) is 0 Å². The summed E-state index contributed by atoms with van der Waals surface area (Å²) in [5, 5.41) is 7.91.